The second-order valence-corrected chi connectivity index (χ2v) is 6.60. The molecule has 1 aliphatic heterocycles. The molecule has 0 unspecified atom stereocenters. The topological polar surface area (TPSA) is 52.2 Å². The van der Waals surface area contributed by atoms with Gasteiger partial charge < -0.3 is 19.0 Å². The minimum Gasteiger partial charge on any atom is -0.493 e. The van der Waals surface area contributed by atoms with Gasteiger partial charge in [-0.15, -0.1) is 0 Å². The highest BCUT2D eigenvalue weighted by Gasteiger charge is 2.23. The molecule has 1 aromatic carbocycles. The van der Waals surface area contributed by atoms with E-state index < -0.39 is 0 Å². The first-order chi connectivity index (χ1) is 11.6. The third-order valence-corrected chi connectivity index (χ3v) is 4.77. The number of benzene rings is 1. The van der Waals surface area contributed by atoms with Crippen molar-refractivity contribution in [3.8, 4) is 5.75 Å². The maximum atomic E-state index is 6.06. The molecule has 1 aliphatic rings. The number of methoxy groups -OCH3 is 1. The highest BCUT2D eigenvalue weighted by atomic mass is 16.5. The molecule has 2 aromatic heterocycles. The van der Waals surface area contributed by atoms with E-state index in [1.165, 1.54) is 5.82 Å². The van der Waals surface area contributed by atoms with Crippen LogP contribution >= 0.6 is 0 Å². The smallest absolute Gasteiger partial charge is 0.176 e. The van der Waals surface area contributed by atoms with Crippen LogP contribution < -0.4 is 10.1 Å². The number of rotatable bonds is 4. The molecule has 5 heteroatoms. The second kappa shape index (κ2) is 5.98. The molecule has 0 saturated heterocycles. The highest BCUT2D eigenvalue weighted by molar-refractivity contribution is 5.83. The SMILES string of the molecule is COc1cccc2cc([C@H](C)N[C@H]3CCc4nc(C)cn4C3)oc12. The van der Waals surface area contributed by atoms with Gasteiger partial charge in [-0.1, -0.05) is 12.1 Å². The number of furan rings is 1. The minimum absolute atomic E-state index is 0.151. The van der Waals surface area contributed by atoms with Crippen LogP contribution in [0.3, 0.4) is 0 Å². The molecule has 24 heavy (non-hydrogen) atoms. The number of aromatic nitrogens is 2. The lowest BCUT2D eigenvalue weighted by Gasteiger charge is -2.27. The number of para-hydroxylation sites is 1. The van der Waals surface area contributed by atoms with Gasteiger partial charge in [0.1, 0.15) is 11.6 Å². The third-order valence-electron chi connectivity index (χ3n) is 4.77. The molecular formula is C19H23N3O2. The second-order valence-electron chi connectivity index (χ2n) is 6.60. The summed E-state index contributed by atoms with van der Waals surface area (Å²) in [7, 11) is 1.67. The molecule has 3 heterocycles. The molecule has 0 spiro atoms. The Kier molecular flexibility index (Phi) is 3.81. The standard InChI is InChI=1S/C19H23N3O2/c1-12-10-22-11-15(7-8-18(22)20-12)21-13(2)17-9-14-5-4-6-16(23-3)19(14)24-17/h4-6,9-10,13,15,21H,7-8,11H2,1-3H3/t13-,15-/m0/s1. The van der Waals surface area contributed by atoms with Crippen molar-refractivity contribution >= 4 is 11.0 Å². The molecule has 3 aromatic rings. The van der Waals surface area contributed by atoms with Crippen LogP contribution in [0.1, 0.15) is 36.7 Å². The van der Waals surface area contributed by atoms with E-state index in [2.05, 4.69) is 47.0 Å². The number of fused-ring (bicyclic) bond motifs is 2. The van der Waals surface area contributed by atoms with Gasteiger partial charge in [0, 0.05) is 30.6 Å². The van der Waals surface area contributed by atoms with Crippen LogP contribution in [0.4, 0.5) is 0 Å². The van der Waals surface area contributed by atoms with Gasteiger partial charge in [-0.05, 0) is 32.4 Å². The van der Waals surface area contributed by atoms with Gasteiger partial charge >= 0.3 is 0 Å². The number of hydrogen-bond donors (Lipinski definition) is 1. The summed E-state index contributed by atoms with van der Waals surface area (Å²) in [5.74, 6) is 2.93. The number of aryl methyl sites for hydroxylation is 2. The Balaban J connectivity index is 1.51. The quantitative estimate of drug-likeness (QED) is 0.796. The normalized spacial score (nSPS) is 18.5. The van der Waals surface area contributed by atoms with Crippen LogP contribution in [-0.4, -0.2) is 22.7 Å². The molecule has 4 rings (SSSR count). The van der Waals surface area contributed by atoms with Crippen LogP contribution in [0, 0.1) is 6.92 Å². The Bertz CT molecular complexity index is 865. The molecule has 0 saturated carbocycles. The van der Waals surface area contributed by atoms with E-state index in [-0.39, 0.29) is 6.04 Å². The molecule has 0 radical (unpaired) electrons. The molecule has 0 aliphatic carbocycles. The number of ether oxygens (including phenoxy) is 1. The van der Waals surface area contributed by atoms with Crippen molar-refractivity contribution in [3.05, 3.63) is 47.7 Å². The third kappa shape index (κ3) is 2.69. The Morgan fingerprint density at radius 3 is 3.12 bits per heavy atom. The van der Waals surface area contributed by atoms with Crippen LogP contribution in [0.25, 0.3) is 11.0 Å². The summed E-state index contributed by atoms with van der Waals surface area (Å²) >= 11 is 0. The van der Waals surface area contributed by atoms with Crippen LogP contribution in [-0.2, 0) is 13.0 Å². The summed E-state index contributed by atoms with van der Waals surface area (Å²) in [6.07, 6.45) is 4.26. The van der Waals surface area contributed by atoms with E-state index in [0.717, 1.165) is 47.6 Å². The average Bonchev–Trinajstić information content (AvgIpc) is 3.16. The van der Waals surface area contributed by atoms with Crippen molar-refractivity contribution < 1.29 is 9.15 Å². The summed E-state index contributed by atoms with van der Waals surface area (Å²) in [6.45, 7) is 5.17. The summed E-state index contributed by atoms with van der Waals surface area (Å²) in [6, 6.07) is 8.65. The fraction of sp³-hybridized carbons (Fsp3) is 0.421. The van der Waals surface area contributed by atoms with E-state index in [1.54, 1.807) is 7.11 Å². The van der Waals surface area contributed by atoms with Crippen molar-refractivity contribution in [2.24, 2.45) is 0 Å². The maximum absolute atomic E-state index is 6.06. The van der Waals surface area contributed by atoms with Gasteiger partial charge in [-0.3, -0.25) is 0 Å². The lowest BCUT2D eigenvalue weighted by molar-refractivity contribution is 0.329. The van der Waals surface area contributed by atoms with Gasteiger partial charge in [-0.25, -0.2) is 4.98 Å². The largest absolute Gasteiger partial charge is 0.493 e. The monoisotopic (exact) mass is 325 g/mol. The fourth-order valence-corrected chi connectivity index (χ4v) is 3.59. The zero-order valence-electron chi connectivity index (χ0n) is 14.4. The van der Waals surface area contributed by atoms with E-state index in [9.17, 15) is 0 Å². The Morgan fingerprint density at radius 2 is 2.29 bits per heavy atom. The molecule has 0 amide bonds. The van der Waals surface area contributed by atoms with Crippen LogP contribution in [0.2, 0.25) is 0 Å². The van der Waals surface area contributed by atoms with E-state index in [4.69, 9.17) is 9.15 Å². The van der Waals surface area contributed by atoms with Gasteiger partial charge in [0.05, 0.1) is 18.8 Å². The lowest BCUT2D eigenvalue weighted by Crippen LogP contribution is -2.38. The Labute approximate surface area is 141 Å². The van der Waals surface area contributed by atoms with Gasteiger partial charge in [-0.2, -0.15) is 0 Å². The van der Waals surface area contributed by atoms with E-state index >= 15 is 0 Å². The maximum Gasteiger partial charge on any atom is 0.176 e. The number of nitrogens with zero attached hydrogens (tertiary/aromatic N) is 2. The van der Waals surface area contributed by atoms with Gasteiger partial charge in [0.25, 0.3) is 0 Å². The Hall–Kier alpha value is -2.27. The minimum atomic E-state index is 0.151. The highest BCUT2D eigenvalue weighted by Crippen LogP contribution is 2.31. The van der Waals surface area contributed by atoms with Crippen molar-refractivity contribution in [2.45, 2.75) is 45.3 Å². The van der Waals surface area contributed by atoms with Crippen LogP contribution in [0.5, 0.6) is 5.75 Å². The molecule has 2 atom stereocenters. The molecule has 0 fully saturated rings. The van der Waals surface area contributed by atoms with E-state index in [0.29, 0.717) is 6.04 Å². The summed E-state index contributed by atoms with van der Waals surface area (Å²) in [4.78, 5) is 4.57. The Morgan fingerprint density at radius 1 is 1.42 bits per heavy atom. The number of nitrogens with one attached hydrogen (secondary N) is 1. The average molecular weight is 325 g/mol. The lowest BCUT2D eigenvalue weighted by atomic mass is 10.1. The van der Waals surface area contributed by atoms with Crippen LogP contribution in [0.15, 0.2) is 34.9 Å². The number of imidazole rings is 1. The predicted molar refractivity (Wildman–Crippen MR) is 93.4 cm³/mol. The zero-order chi connectivity index (χ0) is 16.7. The fourth-order valence-electron chi connectivity index (χ4n) is 3.59. The van der Waals surface area contributed by atoms with Crippen molar-refractivity contribution in [1.29, 1.82) is 0 Å². The van der Waals surface area contributed by atoms with Crippen molar-refractivity contribution in [1.82, 2.24) is 14.9 Å². The van der Waals surface area contributed by atoms with Gasteiger partial charge in [0.15, 0.2) is 11.3 Å². The number of hydrogen-bond acceptors (Lipinski definition) is 4. The molecule has 0 bridgehead atoms. The zero-order valence-corrected chi connectivity index (χ0v) is 14.4. The van der Waals surface area contributed by atoms with Gasteiger partial charge in [0.2, 0.25) is 0 Å². The summed E-state index contributed by atoms with van der Waals surface area (Å²) in [5, 5.41) is 4.78. The summed E-state index contributed by atoms with van der Waals surface area (Å²) in [5.41, 5.74) is 1.92. The predicted octanol–water partition coefficient (Wildman–Crippen LogP) is 3.61. The first-order valence-electron chi connectivity index (χ1n) is 8.49. The van der Waals surface area contributed by atoms with Crippen molar-refractivity contribution in [3.63, 3.8) is 0 Å². The first kappa shape index (κ1) is 15.3. The molecule has 126 valence electrons. The molecule has 5 nitrogen and oxygen atoms in total. The van der Waals surface area contributed by atoms with E-state index in [1.807, 2.05) is 12.1 Å². The first-order valence-corrected chi connectivity index (χ1v) is 8.49. The molecular weight excluding hydrogens is 302 g/mol. The van der Waals surface area contributed by atoms with Crippen molar-refractivity contribution in [2.75, 3.05) is 7.11 Å². The summed E-state index contributed by atoms with van der Waals surface area (Å²) < 4.78 is 13.7. The molecule has 1 N–H and O–H groups in total.